The molecule has 0 radical (unpaired) electrons. The van der Waals surface area contributed by atoms with E-state index in [9.17, 15) is 17.6 Å². The van der Waals surface area contributed by atoms with Crippen LogP contribution in [-0.4, -0.2) is 24.8 Å². The maximum atomic E-state index is 14.2. The summed E-state index contributed by atoms with van der Waals surface area (Å²) in [6.45, 7) is 0. The van der Waals surface area contributed by atoms with Crippen LogP contribution in [0.1, 0.15) is 5.56 Å². The highest BCUT2D eigenvalue weighted by Crippen LogP contribution is 2.34. The smallest absolute Gasteiger partial charge is 0.382 e. The minimum absolute atomic E-state index is 0.0154. The van der Waals surface area contributed by atoms with Crippen LogP contribution >= 0.6 is 11.6 Å². The molecule has 11 heteroatoms. The van der Waals surface area contributed by atoms with Crippen LogP contribution in [0.3, 0.4) is 0 Å². The molecule has 4 rings (SSSR count). The molecule has 0 aliphatic rings. The molecule has 2 N–H and O–H groups in total. The Hall–Kier alpha value is -3.01. The maximum Gasteiger partial charge on any atom is 0.417 e. The van der Waals surface area contributed by atoms with E-state index >= 15 is 0 Å². The van der Waals surface area contributed by atoms with Crippen molar-refractivity contribution in [2.45, 2.75) is 6.18 Å². The Labute approximate surface area is 147 Å². The number of hydrogen-bond donors (Lipinski definition) is 1. The SMILES string of the molecule is Nc1nc2c(-c3c(F)cccc3Cl)nnn2c2cc(C(F)(F)F)cnc12. The summed E-state index contributed by atoms with van der Waals surface area (Å²) < 4.78 is 54.2. The molecule has 0 spiro atoms. The molecule has 0 amide bonds. The largest absolute Gasteiger partial charge is 0.417 e. The maximum absolute atomic E-state index is 14.2. The van der Waals surface area contributed by atoms with Gasteiger partial charge >= 0.3 is 6.18 Å². The van der Waals surface area contributed by atoms with Gasteiger partial charge in [-0.05, 0) is 18.2 Å². The number of aromatic nitrogens is 5. The van der Waals surface area contributed by atoms with Crippen molar-refractivity contribution in [1.82, 2.24) is 24.8 Å². The Kier molecular flexibility index (Phi) is 3.48. The lowest BCUT2D eigenvalue weighted by molar-refractivity contribution is -0.137. The van der Waals surface area contributed by atoms with Crippen molar-refractivity contribution < 1.29 is 17.6 Å². The monoisotopic (exact) mass is 382 g/mol. The van der Waals surface area contributed by atoms with Gasteiger partial charge in [0.25, 0.3) is 0 Å². The lowest BCUT2D eigenvalue weighted by Gasteiger charge is -2.09. The molecule has 1 aromatic carbocycles. The summed E-state index contributed by atoms with van der Waals surface area (Å²) in [6.07, 6.45) is -3.96. The first kappa shape index (κ1) is 16.5. The van der Waals surface area contributed by atoms with E-state index in [-0.39, 0.29) is 38.8 Å². The average Bonchev–Trinajstić information content (AvgIpc) is 2.97. The summed E-state index contributed by atoms with van der Waals surface area (Å²) in [6, 6.07) is 4.84. The molecule has 3 heterocycles. The molecule has 0 aliphatic heterocycles. The zero-order chi connectivity index (χ0) is 18.6. The fraction of sp³-hybridized carbons (Fsp3) is 0.0667. The van der Waals surface area contributed by atoms with Crippen LogP contribution in [-0.2, 0) is 6.18 Å². The van der Waals surface area contributed by atoms with Crippen LogP contribution in [0.4, 0.5) is 23.4 Å². The van der Waals surface area contributed by atoms with E-state index < -0.39 is 17.6 Å². The van der Waals surface area contributed by atoms with Crippen LogP contribution < -0.4 is 5.73 Å². The van der Waals surface area contributed by atoms with Gasteiger partial charge in [-0.2, -0.15) is 17.7 Å². The third-order valence-electron chi connectivity index (χ3n) is 3.74. The van der Waals surface area contributed by atoms with Crippen LogP contribution in [0.2, 0.25) is 5.02 Å². The number of pyridine rings is 1. The fourth-order valence-electron chi connectivity index (χ4n) is 2.56. The van der Waals surface area contributed by atoms with E-state index in [1.165, 1.54) is 18.2 Å². The van der Waals surface area contributed by atoms with Gasteiger partial charge in [0.05, 0.1) is 21.7 Å². The second kappa shape index (κ2) is 5.49. The Bertz CT molecular complexity index is 1150. The minimum Gasteiger partial charge on any atom is -0.382 e. The predicted molar refractivity (Wildman–Crippen MR) is 85.9 cm³/mol. The molecular weight excluding hydrogens is 376 g/mol. The van der Waals surface area contributed by atoms with Crippen LogP contribution in [0.25, 0.3) is 27.9 Å². The van der Waals surface area contributed by atoms with E-state index in [1.807, 2.05) is 0 Å². The molecule has 0 fully saturated rings. The fourth-order valence-corrected chi connectivity index (χ4v) is 2.81. The highest BCUT2D eigenvalue weighted by molar-refractivity contribution is 6.33. The third kappa shape index (κ3) is 2.41. The van der Waals surface area contributed by atoms with E-state index in [2.05, 4.69) is 20.3 Å². The van der Waals surface area contributed by atoms with Gasteiger partial charge in [-0.3, -0.25) is 4.98 Å². The van der Waals surface area contributed by atoms with Gasteiger partial charge in [-0.25, -0.2) is 9.37 Å². The number of rotatable bonds is 1. The number of nitrogens with zero attached hydrogens (tertiary/aromatic N) is 5. The summed E-state index contributed by atoms with van der Waals surface area (Å²) in [5.74, 6) is -0.820. The first-order chi connectivity index (χ1) is 12.3. The normalized spacial score (nSPS) is 12.2. The Morgan fingerprint density at radius 2 is 1.96 bits per heavy atom. The second-order valence-corrected chi connectivity index (χ2v) is 5.76. The van der Waals surface area contributed by atoms with Gasteiger partial charge < -0.3 is 5.73 Å². The molecule has 132 valence electrons. The summed E-state index contributed by atoms with van der Waals surface area (Å²) >= 11 is 6.03. The molecule has 0 bridgehead atoms. The molecule has 0 atom stereocenters. The average molecular weight is 383 g/mol. The number of fused-ring (bicyclic) bond motifs is 3. The van der Waals surface area contributed by atoms with Gasteiger partial charge in [0.2, 0.25) is 0 Å². The second-order valence-electron chi connectivity index (χ2n) is 5.36. The molecule has 4 aromatic rings. The van der Waals surface area contributed by atoms with Crippen molar-refractivity contribution in [3.8, 4) is 11.3 Å². The molecule has 26 heavy (non-hydrogen) atoms. The summed E-state index contributed by atoms with van der Waals surface area (Å²) in [4.78, 5) is 7.78. The summed E-state index contributed by atoms with van der Waals surface area (Å²) in [5.41, 5.74) is 4.62. The molecule has 0 unspecified atom stereocenters. The summed E-state index contributed by atoms with van der Waals surface area (Å²) in [5, 5.41) is 7.67. The van der Waals surface area contributed by atoms with E-state index in [0.29, 0.717) is 6.20 Å². The molecule has 0 aliphatic carbocycles. The van der Waals surface area contributed by atoms with Gasteiger partial charge in [0.15, 0.2) is 11.5 Å². The van der Waals surface area contributed by atoms with Crippen LogP contribution in [0.15, 0.2) is 30.5 Å². The number of anilines is 1. The summed E-state index contributed by atoms with van der Waals surface area (Å²) in [7, 11) is 0. The van der Waals surface area contributed by atoms with Gasteiger partial charge in [0.1, 0.15) is 17.0 Å². The van der Waals surface area contributed by atoms with Gasteiger partial charge in [-0.1, -0.05) is 22.9 Å². The zero-order valence-corrected chi connectivity index (χ0v) is 13.3. The highest BCUT2D eigenvalue weighted by Gasteiger charge is 2.32. The van der Waals surface area contributed by atoms with Gasteiger partial charge in [-0.15, -0.1) is 5.10 Å². The Balaban J connectivity index is 2.08. The van der Waals surface area contributed by atoms with Gasteiger partial charge in [0, 0.05) is 6.20 Å². The topological polar surface area (TPSA) is 82.0 Å². The quantitative estimate of drug-likeness (QED) is 0.507. The Morgan fingerprint density at radius 3 is 2.65 bits per heavy atom. The number of alkyl halides is 3. The van der Waals surface area contributed by atoms with Crippen molar-refractivity contribution in [1.29, 1.82) is 0 Å². The van der Waals surface area contributed by atoms with Crippen molar-refractivity contribution >= 4 is 34.1 Å². The standard InChI is InChI=1S/C15H7ClF4N6/c16-7-2-1-3-8(17)10(7)12-14-23-13(21)11-9(26(14)25-24-12)4-6(5-22-11)15(18,19)20/h1-5H,(H2,21,23). The van der Waals surface area contributed by atoms with Crippen LogP contribution in [0, 0.1) is 5.82 Å². The highest BCUT2D eigenvalue weighted by atomic mass is 35.5. The number of nitrogen functional groups attached to an aromatic ring is 1. The van der Waals surface area contributed by atoms with E-state index in [0.717, 1.165) is 10.6 Å². The van der Waals surface area contributed by atoms with Crippen molar-refractivity contribution in [2.75, 3.05) is 5.73 Å². The molecule has 0 saturated carbocycles. The molecular formula is C15H7ClF4N6. The third-order valence-corrected chi connectivity index (χ3v) is 4.05. The number of benzene rings is 1. The van der Waals surface area contributed by atoms with E-state index in [4.69, 9.17) is 17.3 Å². The zero-order valence-electron chi connectivity index (χ0n) is 12.6. The number of halogens is 5. The lowest BCUT2D eigenvalue weighted by Crippen LogP contribution is -2.08. The lowest BCUT2D eigenvalue weighted by atomic mass is 10.1. The number of nitrogens with two attached hydrogens (primary N) is 1. The molecule has 6 nitrogen and oxygen atoms in total. The predicted octanol–water partition coefficient (Wildman–Crippen LogP) is 3.73. The first-order valence-electron chi connectivity index (χ1n) is 7.09. The van der Waals surface area contributed by atoms with Crippen LogP contribution in [0.5, 0.6) is 0 Å². The first-order valence-corrected chi connectivity index (χ1v) is 7.47. The van der Waals surface area contributed by atoms with E-state index in [1.54, 1.807) is 0 Å². The van der Waals surface area contributed by atoms with Crippen molar-refractivity contribution in [2.24, 2.45) is 0 Å². The number of hydrogen-bond acceptors (Lipinski definition) is 5. The Morgan fingerprint density at radius 1 is 1.19 bits per heavy atom. The molecule has 3 aromatic heterocycles. The van der Waals surface area contributed by atoms with Crippen molar-refractivity contribution in [3.05, 3.63) is 46.9 Å². The molecule has 0 saturated heterocycles. The van der Waals surface area contributed by atoms with Crippen molar-refractivity contribution in [3.63, 3.8) is 0 Å². The minimum atomic E-state index is -4.61.